The van der Waals surface area contributed by atoms with Crippen molar-refractivity contribution in [2.75, 3.05) is 12.1 Å². The Balaban J connectivity index is 2.79. The molecular formula is C13H18ClNO3S. The zero-order valence-electron chi connectivity index (χ0n) is 11.2. The smallest absolute Gasteiger partial charge is 0.224 e. The minimum Gasteiger partial charge on any atom is -0.349 e. The lowest BCUT2D eigenvalue weighted by molar-refractivity contribution is -0.124. The Morgan fingerprint density at radius 3 is 2.21 bits per heavy atom. The minimum absolute atomic E-state index is 0.116. The van der Waals surface area contributed by atoms with Gasteiger partial charge in [0.1, 0.15) is 0 Å². The van der Waals surface area contributed by atoms with E-state index in [0.717, 1.165) is 11.8 Å². The van der Waals surface area contributed by atoms with E-state index < -0.39 is 9.84 Å². The first-order chi connectivity index (χ1) is 8.75. The third kappa shape index (κ3) is 4.51. The van der Waals surface area contributed by atoms with E-state index in [1.165, 1.54) is 12.1 Å². The molecule has 0 spiro atoms. The van der Waals surface area contributed by atoms with Gasteiger partial charge in [-0.2, -0.15) is 0 Å². The maximum absolute atomic E-state index is 11.7. The summed E-state index contributed by atoms with van der Waals surface area (Å²) < 4.78 is 22.7. The third-order valence-electron chi connectivity index (χ3n) is 2.85. The van der Waals surface area contributed by atoms with E-state index in [-0.39, 0.29) is 28.6 Å². The lowest BCUT2D eigenvalue weighted by atomic mass is 10.1. The fourth-order valence-electron chi connectivity index (χ4n) is 1.51. The van der Waals surface area contributed by atoms with Crippen LogP contribution in [-0.4, -0.2) is 26.5 Å². The molecule has 0 saturated heterocycles. The molecular weight excluding hydrogens is 286 g/mol. The average molecular weight is 304 g/mol. The second-order valence-electron chi connectivity index (χ2n) is 4.63. The maximum atomic E-state index is 11.7. The molecule has 0 aromatic heterocycles. The van der Waals surface area contributed by atoms with Gasteiger partial charge in [0, 0.05) is 18.1 Å². The fourth-order valence-corrected chi connectivity index (χ4v) is 2.28. The molecule has 0 radical (unpaired) electrons. The number of hydrogen-bond donors (Lipinski definition) is 1. The molecule has 106 valence electrons. The van der Waals surface area contributed by atoms with Crippen molar-refractivity contribution in [1.82, 2.24) is 5.32 Å². The first-order valence-corrected chi connectivity index (χ1v) is 8.34. The molecule has 0 aliphatic heterocycles. The fraction of sp³-hybridized carbons (Fsp3) is 0.462. The van der Waals surface area contributed by atoms with E-state index in [1.807, 2.05) is 6.92 Å². The number of alkyl halides is 1. The van der Waals surface area contributed by atoms with Gasteiger partial charge in [-0.1, -0.05) is 19.1 Å². The van der Waals surface area contributed by atoms with Gasteiger partial charge in [-0.3, -0.25) is 4.79 Å². The summed E-state index contributed by atoms with van der Waals surface area (Å²) in [5, 5.41) is 2.83. The highest BCUT2D eigenvalue weighted by Gasteiger charge is 2.15. The predicted molar refractivity (Wildman–Crippen MR) is 76.0 cm³/mol. The SMILES string of the molecule is CC(CCl)C(=O)NC(C)c1ccc(S(C)(=O)=O)cc1. The molecule has 0 fully saturated rings. The Bertz CT molecular complexity index is 540. The number of carbonyl (C=O) groups excluding carboxylic acids is 1. The summed E-state index contributed by atoms with van der Waals surface area (Å²) in [5.74, 6) is -0.0972. The molecule has 6 heteroatoms. The van der Waals surface area contributed by atoms with E-state index in [2.05, 4.69) is 5.32 Å². The standard InChI is InChI=1S/C13H18ClNO3S/c1-9(8-14)13(16)15-10(2)11-4-6-12(7-5-11)19(3,17)18/h4-7,9-10H,8H2,1-3H3,(H,15,16). The molecule has 1 aromatic carbocycles. The summed E-state index contributed by atoms with van der Waals surface area (Å²) in [6.07, 6.45) is 1.16. The number of benzene rings is 1. The van der Waals surface area contributed by atoms with E-state index in [1.54, 1.807) is 19.1 Å². The van der Waals surface area contributed by atoms with Crippen LogP contribution in [0.1, 0.15) is 25.5 Å². The van der Waals surface area contributed by atoms with Crippen LogP contribution in [0.15, 0.2) is 29.2 Å². The van der Waals surface area contributed by atoms with E-state index in [4.69, 9.17) is 11.6 Å². The first-order valence-electron chi connectivity index (χ1n) is 5.92. The summed E-state index contributed by atoms with van der Waals surface area (Å²) in [4.78, 5) is 12.0. The quantitative estimate of drug-likeness (QED) is 0.848. The Kier molecular flexibility index (Phi) is 5.38. The number of carbonyl (C=O) groups is 1. The number of rotatable bonds is 5. The summed E-state index contributed by atoms with van der Waals surface area (Å²) in [6.45, 7) is 3.59. The zero-order chi connectivity index (χ0) is 14.6. The average Bonchev–Trinajstić information content (AvgIpc) is 2.36. The monoisotopic (exact) mass is 303 g/mol. The Labute approximate surface area is 119 Å². The van der Waals surface area contributed by atoms with Gasteiger partial charge >= 0.3 is 0 Å². The highest BCUT2D eigenvalue weighted by atomic mass is 35.5. The van der Waals surface area contributed by atoms with E-state index in [0.29, 0.717) is 0 Å². The highest BCUT2D eigenvalue weighted by Crippen LogP contribution is 2.16. The Morgan fingerprint density at radius 2 is 1.79 bits per heavy atom. The maximum Gasteiger partial charge on any atom is 0.224 e. The molecule has 0 saturated carbocycles. The Hall–Kier alpha value is -1.07. The van der Waals surface area contributed by atoms with E-state index in [9.17, 15) is 13.2 Å². The molecule has 2 atom stereocenters. The molecule has 1 N–H and O–H groups in total. The van der Waals surface area contributed by atoms with Crippen molar-refractivity contribution in [3.63, 3.8) is 0 Å². The second kappa shape index (κ2) is 6.39. The molecule has 19 heavy (non-hydrogen) atoms. The van der Waals surface area contributed by atoms with Crippen LogP contribution in [0.4, 0.5) is 0 Å². The Morgan fingerprint density at radius 1 is 1.26 bits per heavy atom. The predicted octanol–water partition coefficient (Wildman–Crippen LogP) is 2.14. The minimum atomic E-state index is -3.19. The molecule has 2 unspecified atom stereocenters. The van der Waals surface area contributed by atoms with Crippen molar-refractivity contribution in [2.45, 2.75) is 24.8 Å². The molecule has 0 aliphatic carbocycles. The largest absolute Gasteiger partial charge is 0.349 e. The molecule has 0 aliphatic rings. The van der Waals surface area contributed by atoms with Crippen LogP contribution in [0.2, 0.25) is 0 Å². The molecule has 0 heterocycles. The second-order valence-corrected chi connectivity index (χ2v) is 6.95. The van der Waals surface area contributed by atoms with Crippen molar-refractivity contribution in [3.8, 4) is 0 Å². The molecule has 1 aromatic rings. The van der Waals surface area contributed by atoms with Gasteiger partial charge in [0.05, 0.1) is 10.9 Å². The van der Waals surface area contributed by atoms with Crippen LogP contribution in [0.25, 0.3) is 0 Å². The van der Waals surface area contributed by atoms with Crippen molar-refractivity contribution >= 4 is 27.3 Å². The van der Waals surface area contributed by atoms with Gasteiger partial charge in [0.15, 0.2) is 9.84 Å². The number of halogens is 1. The summed E-state index contributed by atoms with van der Waals surface area (Å²) in [6, 6.07) is 6.29. The van der Waals surface area contributed by atoms with Crippen molar-refractivity contribution in [2.24, 2.45) is 5.92 Å². The van der Waals surface area contributed by atoms with Gasteiger partial charge in [0.25, 0.3) is 0 Å². The normalized spacial score (nSPS) is 14.7. The topological polar surface area (TPSA) is 63.2 Å². The van der Waals surface area contributed by atoms with Crippen LogP contribution < -0.4 is 5.32 Å². The summed E-state index contributed by atoms with van der Waals surface area (Å²) >= 11 is 5.62. The lowest BCUT2D eigenvalue weighted by Crippen LogP contribution is -2.32. The third-order valence-corrected chi connectivity index (χ3v) is 4.44. The van der Waals surface area contributed by atoms with Gasteiger partial charge in [-0.25, -0.2) is 8.42 Å². The van der Waals surface area contributed by atoms with Crippen LogP contribution in [0, 0.1) is 5.92 Å². The van der Waals surface area contributed by atoms with Crippen LogP contribution in [-0.2, 0) is 14.6 Å². The summed E-state index contributed by atoms with van der Waals surface area (Å²) in [7, 11) is -3.19. The number of nitrogens with one attached hydrogen (secondary N) is 1. The van der Waals surface area contributed by atoms with Gasteiger partial charge in [0.2, 0.25) is 5.91 Å². The van der Waals surface area contributed by atoms with Crippen molar-refractivity contribution in [1.29, 1.82) is 0 Å². The number of amides is 1. The zero-order valence-corrected chi connectivity index (χ0v) is 12.8. The number of hydrogen-bond acceptors (Lipinski definition) is 3. The molecule has 1 amide bonds. The van der Waals surface area contributed by atoms with Gasteiger partial charge in [-0.05, 0) is 24.6 Å². The van der Waals surface area contributed by atoms with Crippen LogP contribution in [0.5, 0.6) is 0 Å². The first kappa shape index (κ1) is 16.0. The van der Waals surface area contributed by atoms with Crippen molar-refractivity contribution in [3.05, 3.63) is 29.8 Å². The molecule has 4 nitrogen and oxygen atoms in total. The molecule has 0 bridgehead atoms. The highest BCUT2D eigenvalue weighted by molar-refractivity contribution is 7.90. The van der Waals surface area contributed by atoms with E-state index >= 15 is 0 Å². The lowest BCUT2D eigenvalue weighted by Gasteiger charge is -2.17. The van der Waals surface area contributed by atoms with Crippen LogP contribution >= 0.6 is 11.6 Å². The van der Waals surface area contributed by atoms with Crippen LogP contribution in [0.3, 0.4) is 0 Å². The van der Waals surface area contributed by atoms with Crippen molar-refractivity contribution < 1.29 is 13.2 Å². The van der Waals surface area contributed by atoms with Gasteiger partial charge < -0.3 is 5.32 Å². The molecule has 1 rings (SSSR count). The number of sulfone groups is 1. The summed E-state index contributed by atoms with van der Waals surface area (Å²) in [5.41, 5.74) is 0.850. The van der Waals surface area contributed by atoms with Gasteiger partial charge in [-0.15, -0.1) is 11.6 Å².